The molecule has 4 atom stereocenters. The van der Waals surface area contributed by atoms with Gasteiger partial charge in [0.05, 0.1) is 5.75 Å². The van der Waals surface area contributed by atoms with Crippen LogP contribution in [0.25, 0.3) is 11.2 Å². The van der Waals surface area contributed by atoms with E-state index in [0.29, 0.717) is 0 Å². The van der Waals surface area contributed by atoms with Gasteiger partial charge in [-0.05, 0) is 0 Å². The number of nitrogens with two attached hydrogens (primary N) is 1. The van der Waals surface area contributed by atoms with Gasteiger partial charge in [-0.2, -0.15) is 4.68 Å². The second kappa shape index (κ2) is 5.08. The molecule has 0 aliphatic carbocycles. The molecule has 1 fully saturated rings. The van der Waals surface area contributed by atoms with Gasteiger partial charge < -0.3 is 20.7 Å². The third-order valence-electron chi connectivity index (χ3n) is 3.33. The van der Waals surface area contributed by atoms with Crippen LogP contribution in [0.4, 0.5) is 5.82 Å². The summed E-state index contributed by atoms with van der Waals surface area (Å²) in [6, 6.07) is 0. The maximum atomic E-state index is 11.3. The van der Waals surface area contributed by atoms with Crippen molar-refractivity contribution in [3.63, 3.8) is 0 Å². The molecule has 0 amide bonds. The SMILES string of the molecule is CS(=O)(=O)CC1OC(n2nnc3c(N)ncnc32)C(O)C1O. The lowest BCUT2D eigenvalue weighted by Crippen LogP contribution is -2.35. The molecule has 3 heterocycles. The predicted molar refractivity (Wildman–Crippen MR) is 73.2 cm³/mol. The first-order chi connectivity index (χ1) is 10.3. The molecule has 0 bridgehead atoms. The highest BCUT2D eigenvalue weighted by atomic mass is 32.2. The van der Waals surface area contributed by atoms with Crippen molar-refractivity contribution in [2.45, 2.75) is 24.5 Å². The molecule has 2 aromatic rings. The van der Waals surface area contributed by atoms with Crippen LogP contribution < -0.4 is 5.73 Å². The van der Waals surface area contributed by atoms with Crippen LogP contribution in [0.3, 0.4) is 0 Å². The summed E-state index contributed by atoms with van der Waals surface area (Å²) in [6.07, 6.45) is -2.74. The highest BCUT2D eigenvalue weighted by Gasteiger charge is 2.46. The number of aromatic nitrogens is 5. The molecule has 4 N–H and O–H groups in total. The molecule has 1 saturated heterocycles. The summed E-state index contributed by atoms with van der Waals surface area (Å²) in [7, 11) is -3.39. The smallest absolute Gasteiger partial charge is 0.186 e. The molecule has 4 unspecified atom stereocenters. The highest BCUT2D eigenvalue weighted by Crippen LogP contribution is 2.31. The maximum Gasteiger partial charge on any atom is 0.186 e. The monoisotopic (exact) mass is 330 g/mol. The molecular formula is C10H14N6O5S. The molecule has 1 aliphatic heterocycles. The fourth-order valence-electron chi connectivity index (χ4n) is 2.32. The second-order valence-electron chi connectivity index (χ2n) is 5.10. The molecule has 22 heavy (non-hydrogen) atoms. The van der Waals surface area contributed by atoms with Crippen molar-refractivity contribution in [1.29, 1.82) is 0 Å². The van der Waals surface area contributed by atoms with Gasteiger partial charge in [0.15, 0.2) is 23.2 Å². The molecule has 3 rings (SSSR count). The van der Waals surface area contributed by atoms with Crippen LogP contribution in [0, 0.1) is 0 Å². The van der Waals surface area contributed by atoms with E-state index < -0.39 is 40.1 Å². The van der Waals surface area contributed by atoms with Gasteiger partial charge in [-0.1, -0.05) is 5.21 Å². The molecule has 0 radical (unpaired) electrons. The summed E-state index contributed by atoms with van der Waals surface area (Å²) in [4.78, 5) is 7.73. The van der Waals surface area contributed by atoms with E-state index in [1.54, 1.807) is 0 Å². The Labute approximate surface area is 124 Å². The number of hydrogen-bond donors (Lipinski definition) is 3. The first kappa shape index (κ1) is 15.0. The molecule has 0 aromatic carbocycles. The summed E-state index contributed by atoms with van der Waals surface area (Å²) >= 11 is 0. The summed E-state index contributed by atoms with van der Waals surface area (Å²) in [5, 5.41) is 27.6. The number of nitrogens with zero attached hydrogens (tertiary/aromatic N) is 5. The normalized spacial score (nSPS) is 29.2. The summed E-state index contributed by atoms with van der Waals surface area (Å²) in [5.41, 5.74) is 6.08. The van der Waals surface area contributed by atoms with E-state index in [9.17, 15) is 18.6 Å². The lowest BCUT2D eigenvalue weighted by atomic mass is 10.1. The van der Waals surface area contributed by atoms with Crippen molar-refractivity contribution in [2.75, 3.05) is 17.7 Å². The first-order valence-electron chi connectivity index (χ1n) is 6.28. The Morgan fingerprint density at radius 1 is 1.36 bits per heavy atom. The molecule has 0 saturated carbocycles. The Balaban J connectivity index is 1.96. The zero-order valence-corrected chi connectivity index (χ0v) is 12.3. The third-order valence-corrected chi connectivity index (χ3v) is 4.27. The van der Waals surface area contributed by atoms with Crippen molar-refractivity contribution >= 4 is 26.8 Å². The number of rotatable bonds is 3. The van der Waals surface area contributed by atoms with Crippen LogP contribution in [-0.4, -0.2) is 73.9 Å². The molecular weight excluding hydrogens is 316 g/mol. The molecule has 12 heteroatoms. The van der Waals surface area contributed by atoms with Gasteiger partial charge in [-0.3, -0.25) is 0 Å². The lowest BCUT2D eigenvalue weighted by molar-refractivity contribution is -0.0375. The Hall–Kier alpha value is -1.89. The predicted octanol–water partition coefficient (Wildman–Crippen LogP) is -2.53. The summed E-state index contributed by atoms with van der Waals surface area (Å²) in [5.74, 6) is -0.317. The fourth-order valence-corrected chi connectivity index (χ4v) is 3.19. The summed E-state index contributed by atoms with van der Waals surface area (Å²) < 4.78 is 29.3. The quantitative estimate of drug-likeness (QED) is 0.546. The van der Waals surface area contributed by atoms with Gasteiger partial charge in [0.25, 0.3) is 0 Å². The van der Waals surface area contributed by atoms with Gasteiger partial charge in [0, 0.05) is 6.26 Å². The minimum atomic E-state index is -3.39. The zero-order valence-electron chi connectivity index (χ0n) is 11.4. The molecule has 11 nitrogen and oxygen atoms in total. The topological polar surface area (TPSA) is 166 Å². The Bertz CT molecular complexity index is 807. The lowest BCUT2D eigenvalue weighted by Gasteiger charge is -2.14. The van der Waals surface area contributed by atoms with Crippen LogP contribution in [0.15, 0.2) is 6.33 Å². The molecule has 0 spiro atoms. The average molecular weight is 330 g/mol. The van der Waals surface area contributed by atoms with E-state index >= 15 is 0 Å². The van der Waals surface area contributed by atoms with Gasteiger partial charge >= 0.3 is 0 Å². The van der Waals surface area contributed by atoms with Crippen molar-refractivity contribution in [3.8, 4) is 0 Å². The third kappa shape index (κ3) is 2.49. The van der Waals surface area contributed by atoms with Crippen LogP contribution >= 0.6 is 0 Å². The standard InChI is InChI=1S/C10H14N6O5S/c1-22(19,20)2-4-6(17)7(18)10(21-4)16-9-5(14-15-16)8(11)12-3-13-9/h3-4,6-7,10,17-18H,2H2,1H3,(H2,11,12,13). The Morgan fingerprint density at radius 2 is 2.09 bits per heavy atom. The van der Waals surface area contributed by atoms with E-state index in [-0.39, 0.29) is 17.0 Å². The number of anilines is 1. The maximum absolute atomic E-state index is 11.3. The van der Waals surface area contributed by atoms with Crippen molar-refractivity contribution in [2.24, 2.45) is 0 Å². The second-order valence-corrected chi connectivity index (χ2v) is 7.29. The van der Waals surface area contributed by atoms with E-state index in [4.69, 9.17) is 10.5 Å². The van der Waals surface area contributed by atoms with Gasteiger partial charge in [0.2, 0.25) is 0 Å². The van der Waals surface area contributed by atoms with Crippen molar-refractivity contribution < 1.29 is 23.4 Å². The van der Waals surface area contributed by atoms with Crippen LogP contribution in [-0.2, 0) is 14.6 Å². The van der Waals surface area contributed by atoms with Crippen molar-refractivity contribution in [1.82, 2.24) is 25.0 Å². The van der Waals surface area contributed by atoms with Crippen molar-refractivity contribution in [3.05, 3.63) is 6.33 Å². The van der Waals surface area contributed by atoms with Gasteiger partial charge in [-0.25, -0.2) is 18.4 Å². The van der Waals surface area contributed by atoms with E-state index in [1.165, 1.54) is 6.33 Å². The average Bonchev–Trinajstić information content (AvgIpc) is 2.95. The van der Waals surface area contributed by atoms with Gasteiger partial charge in [-0.15, -0.1) is 5.10 Å². The molecule has 120 valence electrons. The number of nitrogen functional groups attached to an aromatic ring is 1. The number of ether oxygens (including phenoxy) is 1. The summed E-state index contributed by atoms with van der Waals surface area (Å²) in [6.45, 7) is 0. The Morgan fingerprint density at radius 3 is 2.77 bits per heavy atom. The largest absolute Gasteiger partial charge is 0.387 e. The minimum absolute atomic E-state index is 0.108. The van der Waals surface area contributed by atoms with Gasteiger partial charge in [0.1, 0.15) is 34.5 Å². The van der Waals surface area contributed by atoms with Crippen LogP contribution in [0.1, 0.15) is 6.23 Å². The Kier molecular flexibility index (Phi) is 3.47. The van der Waals surface area contributed by atoms with E-state index in [1.807, 2.05) is 0 Å². The zero-order chi connectivity index (χ0) is 16.1. The number of sulfone groups is 1. The molecule has 1 aliphatic rings. The minimum Gasteiger partial charge on any atom is -0.387 e. The fraction of sp³-hybridized carbons (Fsp3) is 0.600. The van der Waals surface area contributed by atoms with Crippen LogP contribution in [0.2, 0.25) is 0 Å². The number of aliphatic hydroxyl groups is 2. The molecule has 2 aromatic heterocycles. The number of aliphatic hydroxyl groups excluding tert-OH is 2. The number of fused-ring (bicyclic) bond motifs is 1. The first-order valence-corrected chi connectivity index (χ1v) is 8.34. The van der Waals surface area contributed by atoms with E-state index in [0.717, 1.165) is 10.9 Å². The van der Waals surface area contributed by atoms with E-state index in [2.05, 4.69) is 20.3 Å². The number of hydrogen-bond acceptors (Lipinski definition) is 10. The highest BCUT2D eigenvalue weighted by molar-refractivity contribution is 7.90. The van der Waals surface area contributed by atoms with Crippen LogP contribution in [0.5, 0.6) is 0 Å².